The number of carboxylic acids is 1. The predicted molar refractivity (Wildman–Crippen MR) is 61.2 cm³/mol. The molecule has 1 atom stereocenters. The molecule has 1 N–H and O–H groups in total. The summed E-state index contributed by atoms with van der Waals surface area (Å²) >= 11 is 5.86. The van der Waals surface area contributed by atoms with Gasteiger partial charge in [0.1, 0.15) is 5.38 Å². The van der Waals surface area contributed by atoms with Crippen molar-refractivity contribution in [2.75, 3.05) is 0 Å². The minimum atomic E-state index is -0.961. The SMILES string of the molecule is CC(C)(Cc1ccccc1)C(Cl)C(=O)O. The Kier molecular flexibility index (Phi) is 3.75. The molecule has 0 radical (unpaired) electrons. The minimum absolute atomic E-state index is 0.450. The monoisotopic (exact) mass is 226 g/mol. The molecule has 0 aliphatic rings. The van der Waals surface area contributed by atoms with Crippen LogP contribution in [0.15, 0.2) is 30.3 Å². The van der Waals surface area contributed by atoms with E-state index in [1.165, 1.54) is 0 Å². The molecule has 15 heavy (non-hydrogen) atoms. The van der Waals surface area contributed by atoms with E-state index in [0.29, 0.717) is 6.42 Å². The van der Waals surface area contributed by atoms with Gasteiger partial charge in [-0.3, -0.25) is 4.79 Å². The van der Waals surface area contributed by atoms with Crippen molar-refractivity contribution in [2.24, 2.45) is 5.41 Å². The van der Waals surface area contributed by atoms with Gasteiger partial charge in [0.2, 0.25) is 0 Å². The summed E-state index contributed by atoms with van der Waals surface area (Å²) < 4.78 is 0. The molecule has 1 unspecified atom stereocenters. The number of benzene rings is 1. The highest BCUT2D eigenvalue weighted by atomic mass is 35.5. The standard InChI is InChI=1S/C12H15ClO2/c1-12(2,10(13)11(14)15)8-9-6-4-3-5-7-9/h3-7,10H,8H2,1-2H3,(H,14,15). The Labute approximate surface area is 94.9 Å². The molecule has 0 aromatic heterocycles. The van der Waals surface area contributed by atoms with Crippen LogP contribution < -0.4 is 0 Å². The Balaban J connectivity index is 2.76. The van der Waals surface area contributed by atoms with E-state index in [-0.39, 0.29) is 0 Å². The Hall–Kier alpha value is -1.02. The first-order valence-corrected chi connectivity index (χ1v) is 5.28. The van der Waals surface area contributed by atoms with Crippen molar-refractivity contribution in [1.82, 2.24) is 0 Å². The number of hydrogen-bond acceptors (Lipinski definition) is 1. The molecule has 82 valence electrons. The van der Waals surface area contributed by atoms with Gasteiger partial charge in [-0.25, -0.2) is 0 Å². The summed E-state index contributed by atoms with van der Waals surface area (Å²) in [5.74, 6) is -0.961. The molecule has 1 aromatic carbocycles. The van der Waals surface area contributed by atoms with Gasteiger partial charge < -0.3 is 5.11 Å². The third-order valence-corrected chi connectivity index (χ3v) is 3.18. The first-order chi connectivity index (χ1) is 6.93. The highest BCUT2D eigenvalue weighted by molar-refractivity contribution is 6.30. The average molecular weight is 227 g/mol. The van der Waals surface area contributed by atoms with Crippen LogP contribution in [-0.2, 0) is 11.2 Å². The predicted octanol–water partition coefficient (Wildman–Crippen LogP) is 2.95. The molecule has 0 amide bonds. The number of carbonyl (C=O) groups is 1. The summed E-state index contributed by atoms with van der Waals surface area (Å²) in [6.07, 6.45) is 0.661. The van der Waals surface area contributed by atoms with E-state index in [9.17, 15) is 4.79 Å². The first kappa shape index (κ1) is 12.1. The summed E-state index contributed by atoms with van der Waals surface area (Å²) in [6, 6.07) is 9.77. The van der Waals surface area contributed by atoms with Crippen LogP contribution in [0.2, 0.25) is 0 Å². The fraction of sp³-hybridized carbons (Fsp3) is 0.417. The summed E-state index contributed by atoms with van der Waals surface area (Å²) in [5.41, 5.74) is 0.656. The van der Waals surface area contributed by atoms with Crippen LogP contribution in [0.4, 0.5) is 0 Å². The van der Waals surface area contributed by atoms with E-state index < -0.39 is 16.8 Å². The van der Waals surface area contributed by atoms with Crippen molar-refractivity contribution >= 4 is 17.6 Å². The quantitative estimate of drug-likeness (QED) is 0.802. The first-order valence-electron chi connectivity index (χ1n) is 4.84. The van der Waals surface area contributed by atoms with Gasteiger partial charge in [-0.15, -0.1) is 11.6 Å². The number of hydrogen-bond donors (Lipinski definition) is 1. The van der Waals surface area contributed by atoms with Crippen molar-refractivity contribution in [3.63, 3.8) is 0 Å². The number of aliphatic carboxylic acids is 1. The third kappa shape index (κ3) is 3.24. The molecule has 1 aromatic rings. The lowest BCUT2D eigenvalue weighted by Gasteiger charge is -2.27. The van der Waals surface area contributed by atoms with E-state index in [4.69, 9.17) is 16.7 Å². The van der Waals surface area contributed by atoms with Gasteiger partial charge in [-0.1, -0.05) is 44.2 Å². The highest BCUT2D eigenvalue weighted by Gasteiger charge is 2.33. The molecule has 0 fully saturated rings. The van der Waals surface area contributed by atoms with Gasteiger partial charge in [0.05, 0.1) is 0 Å². The average Bonchev–Trinajstić information content (AvgIpc) is 2.17. The smallest absolute Gasteiger partial charge is 0.322 e. The van der Waals surface area contributed by atoms with Gasteiger partial charge in [-0.05, 0) is 17.4 Å². The van der Waals surface area contributed by atoms with Crippen LogP contribution in [0.1, 0.15) is 19.4 Å². The fourth-order valence-electron chi connectivity index (χ4n) is 1.55. The van der Waals surface area contributed by atoms with E-state index in [1.54, 1.807) is 0 Å². The Morgan fingerprint density at radius 1 is 1.40 bits per heavy atom. The molecule has 0 aliphatic carbocycles. The van der Waals surface area contributed by atoms with Crippen molar-refractivity contribution in [1.29, 1.82) is 0 Å². The number of carboxylic acid groups (broad SMARTS) is 1. The zero-order chi connectivity index (χ0) is 11.5. The maximum Gasteiger partial charge on any atom is 0.322 e. The highest BCUT2D eigenvalue weighted by Crippen LogP contribution is 2.30. The zero-order valence-corrected chi connectivity index (χ0v) is 9.66. The molecule has 3 heteroatoms. The van der Waals surface area contributed by atoms with Crippen LogP contribution in [0.25, 0.3) is 0 Å². The van der Waals surface area contributed by atoms with Crippen molar-refractivity contribution in [3.8, 4) is 0 Å². The minimum Gasteiger partial charge on any atom is -0.480 e. The second-order valence-electron chi connectivity index (χ2n) is 4.35. The Morgan fingerprint density at radius 3 is 2.40 bits per heavy atom. The number of alkyl halides is 1. The molecule has 0 saturated carbocycles. The molecule has 0 aliphatic heterocycles. The van der Waals surface area contributed by atoms with E-state index in [1.807, 2.05) is 44.2 Å². The molecular formula is C12H15ClO2. The zero-order valence-electron chi connectivity index (χ0n) is 8.90. The second kappa shape index (κ2) is 4.67. The largest absolute Gasteiger partial charge is 0.480 e. The van der Waals surface area contributed by atoms with Crippen LogP contribution in [0.5, 0.6) is 0 Å². The van der Waals surface area contributed by atoms with Crippen molar-refractivity contribution < 1.29 is 9.90 Å². The fourth-order valence-corrected chi connectivity index (χ4v) is 1.62. The summed E-state index contributed by atoms with van der Waals surface area (Å²) in [4.78, 5) is 10.8. The van der Waals surface area contributed by atoms with Crippen LogP contribution >= 0.6 is 11.6 Å². The van der Waals surface area contributed by atoms with Crippen molar-refractivity contribution in [3.05, 3.63) is 35.9 Å². The van der Waals surface area contributed by atoms with Gasteiger partial charge in [-0.2, -0.15) is 0 Å². The summed E-state index contributed by atoms with van der Waals surface area (Å²) in [7, 11) is 0. The van der Waals surface area contributed by atoms with Crippen LogP contribution in [-0.4, -0.2) is 16.5 Å². The summed E-state index contributed by atoms with van der Waals surface area (Å²) in [5, 5.41) is 8.00. The van der Waals surface area contributed by atoms with Gasteiger partial charge in [0, 0.05) is 0 Å². The lowest BCUT2D eigenvalue weighted by molar-refractivity contribution is -0.138. The lowest BCUT2D eigenvalue weighted by atomic mass is 9.82. The van der Waals surface area contributed by atoms with E-state index >= 15 is 0 Å². The van der Waals surface area contributed by atoms with Gasteiger partial charge >= 0.3 is 5.97 Å². The van der Waals surface area contributed by atoms with Crippen molar-refractivity contribution in [2.45, 2.75) is 25.6 Å². The Morgan fingerprint density at radius 2 is 1.93 bits per heavy atom. The van der Waals surface area contributed by atoms with Crippen LogP contribution in [0.3, 0.4) is 0 Å². The maximum absolute atomic E-state index is 10.8. The number of rotatable bonds is 4. The molecule has 0 spiro atoms. The molecular weight excluding hydrogens is 212 g/mol. The molecule has 0 bridgehead atoms. The molecule has 1 rings (SSSR count). The Bertz CT molecular complexity index is 333. The van der Waals surface area contributed by atoms with Gasteiger partial charge in [0.25, 0.3) is 0 Å². The van der Waals surface area contributed by atoms with Crippen LogP contribution in [0, 0.1) is 5.41 Å². The lowest BCUT2D eigenvalue weighted by Crippen LogP contribution is -2.33. The van der Waals surface area contributed by atoms with E-state index in [2.05, 4.69) is 0 Å². The second-order valence-corrected chi connectivity index (χ2v) is 4.79. The molecule has 0 saturated heterocycles. The van der Waals surface area contributed by atoms with Gasteiger partial charge in [0.15, 0.2) is 0 Å². The number of halogens is 1. The normalized spacial score (nSPS) is 13.5. The third-order valence-electron chi connectivity index (χ3n) is 2.41. The van der Waals surface area contributed by atoms with E-state index in [0.717, 1.165) is 5.56 Å². The molecule has 0 heterocycles. The molecule has 2 nitrogen and oxygen atoms in total. The summed E-state index contributed by atoms with van der Waals surface area (Å²) in [6.45, 7) is 3.73. The topological polar surface area (TPSA) is 37.3 Å². The maximum atomic E-state index is 10.8.